The monoisotopic (exact) mass is 325 g/mol. The molecule has 0 spiro atoms. The summed E-state index contributed by atoms with van der Waals surface area (Å²) in [5, 5.41) is 12.0. The Morgan fingerprint density at radius 3 is 2.95 bits per heavy atom. The number of nitrogens with one attached hydrogen (secondary N) is 2. The maximum Gasteiger partial charge on any atom is 0.251 e. The van der Waals surface area contributed by atoms with Gasteiger partial charge in [0.2, 0.25) is 11.0 Å². The molecule has 0 atom stereocenters. The Morgan fingerprint density at radius 1 is 1.48 bits per heavy atom. The van der Waals surface area contributed by atoms with Crippen LogP contribution in [0.4, 0.5) is 5.13 Å². The number of hydrogen-bond donors (Lipinski definition) is 2. The van der Waals surface area contributed by atoms with E-state index in [0.717, 1.165) is 23.5 Å². The summed E-state index contributed by atoms with van der Waals surface area (Å²) in [6, 6.07) is 1.48. The maximum absolute atomic E-state index is 11.8. The normalized spacial score (nSPS) is 10.6. The van der Waals surface area contributed by atoms with Crippen molar-refractivity contribution in [2.45, 2.75) is 31.8 Å². The van der Waals surface area contributed by atoms with Crippen molar-refractivity contribution in [3.05, 3.63) is 27.1 Å². The minimum absolute atomic E-state index is 0.150. The number of amides is 1. The van der Waals surface area contributed by atoms with Gasteiger partial charge in [-0.2, -0.15) is 0 Å². The summed E-state index contributed by atoms with van der Waals surface area (Å²) in [4.78, 5) is 30.2. The summed E-state index contributed by atoms with van der Waals surface area (Å²) in [6.45, 7) is 3.84. The van der Waals surface area contributed by atoms with Crippen LogP contribution in [0, 0.1) is 6.92 Å². The SMILES string of the molecule is CCCc1cc(=O)[nH]c(SCC(=O)Nc2nnc(C)s2)n1. The number of rotatable bonds is 6. The van der Waals surface area contributed by atoms with E-state index in [0.29, 0.717) is 10.3 Å². The van der Waals surface area contributed by atoms with Crippen molar-refractivity contribution in [1.29, 1.82) is 0 Å². The molecule has 0 unspecified atom stereocenters. The smallest absolute Gasteiger partial charge is 0.251 e. The highest BCUT2D eigenvalue weighted by molar-refractivity contribution is 7.99. The van der Waals surface area contributed by atoms with Gasteiger partial charge in [0.1, 0.15) is 5.01 Å². The molecule has 0 saturated carbocycles. The van der Waals surface area contributed by atoms with Crippen LogP contribution in [-0.4, -0.2) is 31.8 Å². The third-order valence-corrected chi connectivity index (χ3v) is 4.02. The first-order chi connectivity index (χ1) is 10.1. The van der Waals surface area contributed by atoms with Gasteiger partial charge in [-0.3, -0.25) is 14.9 Å². The quantitative estimate of drug-likeness (QED) is 0.618. The molecule has 0 fully saturated rings. The second-order valence-corrected chi connectivity index (χ2v) is 6.40. The topological polar surface area (TPSA) is 101 Å². The maximum atomic E-state index is 11.8. The summed E-state index contributed by atoms with van der Waals surface area (Å²) in [7, 11) is 0. The van der Waals surface area contributed by atoms with Crippen molar-refractivity contribution in [2.24, 2.45) is 0 Å². The largest absolute Gasteiger partial charge is 0.301 e. The highest BCUT2D eigenvalue weighted by Gasteiger charge is 2.09. The van der Waals surface area contributed by atoms with Gasteiger partial charge in [0.05, 0.1) is 5.75 Å². The number of carbonyl (C=O) groups is 1. The molecule has 9 heteroatoms. The van der Waals surface area contributed by atoms with Crippen LogP contribution in [0.3, 0.4) is 0 Å². The summed E-state index contributed by atoms with van der Waals surface area (Å²) in [5.74, 6) is -0.0587. The molecule has 7 nitrogen and oxygen atoms in total. The first kappa shape index (κ1) is 15.6. The van der Waals surface area contributed by atoms with Crippen LogP contribution >= 0.6 is 23.1 Å². The van der Waals surface area contributed by atoms with Crippen LogP contribution < -0.4 is 10.9 Å². The van der Waals surface area contributed by atoms with E-state index in [2.05, 4.69) is 25.5 Å². The van der Waals surface area contributed by atoms with E-state index in [4.69, 9.17) is 0 Å². The van der Waals surface area contributed by atoms with Gasteiger partial charge in [-0.15, -0.1) is 10.2 Å². The molecule has 0 aliphatic rings. The average molecular weight is 325 g/mol. The van der Waals surface area contributed by atoms with Crippen LogP contribution in [0.1, 0.15) is 24.0 Å². The Hall–Kier alpha value is -1.74. The van der Waals surface area contributed by atoms with E-state index in [1.165, 1.54) is 29.2 Å². The van der Waals surface area contributed by atoms with Gasteiger partial charge in [-0.05, 0) is 13.3 Å². The molecular formula is C12H15N5O2S2. The van der Waals surface area contributed by atoms with Crippen molar-refractivity contribution in [3.8, 4) is 0 Å². The van der Waals surface area contributed by atoms with E-state index in [9.17, 15) is 9.59 Å². The first-order valence-electron chi connectivity index (χ1n) is 6.40. The van der Waals surface area contributed by atoms with Crippen LogP contribution in [0.25, 0.3) is 0 Å². The van der Waals surface area contributed by atoms with Crippen LogP contribution in [-0.2, 0) is 11.2 Å². The summed E-state index contributed by atoms with van der Waals surface area (Å²) in [5.41, 5.74) is 0.542. The molecule has 1 amide bonds. The minimum atomic E-state index is -0.209. The number of aryl methyl sites for hydroxylation is 2. The predicted molar refractivity (Wildman–Crippen MR) is 82.9 cm³/mol. The Balaban J connectivity index is 1.93. The minimum Gasteiger partial charge on any atom is -0.301 e. The molecular weight excluding hydrogens is 310 g/mol. The summed E-state index contributed by atoms with van der Waals surface area (Å²) in [6.07, 6.45) is 1.66. The van der Waals surface area contributed by atoms with Gasteiger partial charge in [0.15, 0.2) is 5.16 Å². The number of H-pyrrole nitrogens is 1. The van der Waals surface area contributed by atoms with Gasteiger partial charge in [-0.25, -0.2) is 4.98 Å². The third-order valence-electron chi connectivity index (χ3n) is 2.39. The van der Waals surface area contributed by atoms with Crippen molar-refractivity contribution < 1.29 is 4.79 Å². The van der Waals surface area contributed by atoms with Gasteiger partial charge >= 0.3 is 0 Å². The molecule has 2 aromatic rings. The fourth-order valence-corrected chi connectivity index (χ4v) is 2.87. The highest BCUT2D eigenvalue weighted by Crippen LogP contribution is 2.16. The molecule has 0 aromatic carbocycles. The molecule has 2 heterocycles. The molecule has 0 saturated heterocycles. The average Bonchev–Trinajstić information content (AvgIpc) is 2.81. The fraction of sp³-hybridized carbons (Fsp3) is 0.417. The fourth-order valence-electron chi connectivity index (χ4n) is 1.57. The number of thioether (sulfide) groups is 1. The van der Waals surface area contributed by atoms with E-state index in [1.54, 1.807) is 0 Å². The van der Waals surface area contributed by atoms with E-state index >= 15 is 0 Å². The van der Waals surface area contributed by atoms with Crippen molar-refractivity contribution in [1.82, 2.24) is 20.2 Å². The highest BCUT2D eigenvalue weighted by atomic mass is 32.2. The second kappa shape index (κ2) is 7.32. The van der Waals surface area contributed by atoms with E-state index in [-0.39, 0.29) is 17.2 Å². The Labute approximate surface area is 129 Å². The van der Waals surface area contributed by atoms with E-state index in [1.807, 2.05) is 13.8 Å². The molecule has 21 heavy (non-hydrogen) atoms. The predicted octanol–water partition coefficient (Wildman–Crippen LogP) is 1.61. The lowest BCUT2D eigenvalue weighted by atomic mass is 10.2. The zero-order chi connectivity index (χ0) is 15.2. The molecule has 2 aromatic heterocycles. The van der Waals surface area contributed by atoms with Crippen LogP contribution in [0.5, 0.6) is 0 Å². The van der Waals surface area contributed by atoms with Gasteiger partial charge in [-0.1, -0.05) is 36.4 Å². The number of nitrogens with zero attached hydrogens (tertiary/aromatic N) is 3. The van der Waals surface area contributed by atoms with Crippen molar-refractivity contribution in [2.75, 3.05) is 11.1 Å². The lowest BCUT2D eigenvalue weighted by molar-refractivity contribution is -0.113. The lowest BCUT2D eigenvalue weighted by Gasteiger charge is -2.03. The molecule has 0 aliphatic carbocycles. The Bertz CT molecular complexity index is 682. The zero-order valence-electron chi connectivity index (χ0n) is 11.7. The third kappa shape index (κ3) is 4.94. The second-order valence-electron chi connectivity index (χ2n) is 4.25. The number of aromatic nitrogens is 4. The standard InChI is InChI=1S/C12H15N5O2S2/c1-3-4-8-5-9(18)14-11(13-8)20-6-10(19)15-12-17-16-7(2)21-12/h5H,3-4,6H2,1-2H3,(H,13,14,18)(H,15,17,19). The van der Waals surface area contributed by atoms with E-state index < -0.39 is 0 Å². The first-order valence-corrected chi connectivity index (χ1v) is 8.20. The van der Waals surface area contributed by atoms with Crippen molar-refractivity contribution >= 4 is 34.1 Å². The number of anilines is 1. The summed E-state index contributed by atoms with van der Waals surface area (Å²) >= 11 is 2.50. The van der Waals surface area contributed by atoms with Gasteiger partial charge in [0.25, 0.3) is 5.56 Å². The van der Waals surface area contributed by atoms with Gasteiger partial charge in [0, 0.05) is 11.8 Å². The Morgan fingerprint density at radius 2 is 2.29 bits per heavy atom. The number of hydrogen-bond acceptors (Lipinski definition) is 7. The molecule has 0 radical (unpaired) electrons. The van der Waals surface area contributed by atoms with Crippen LogP contribution in [0.15, 0.2) is 16.0 Å². The Kier molecular flexibility index (Phi) is 5.45. The molecule has 2 rings (SSSR count). The lowest BCUT2D eigenvalue weighted by Crippen LogP contribution is -2.15. The molecule has 112 valence electrons. The summed E-state index contributed by atoms with van der Waals surface area (Å²) < 4.78 is 0. The zero-order valence-corrected chi connectivity index (χ0v) is 13.3. The molecule has 2 N–H and O–H groups in total. The van der Waals surface area contributed by atoms with Gasteiger partial charge < -0.3 is 4.98 Å². The van der Waals surface area contributed by atoms with Crippen molar-refractivity contribution in [3.63, 3.8) is 0 Å². The van der Waals surface area contributed by atoms with Crippen LogP contribution in [0.2, 0.25) is 0 Å². The molecule has 0 aliphatic heterocycles. The molecule has 0 bridgehead atoms. The number of aromatic amines is 1. The number of carbonyl (C=O) groups excluding carboxylic acids is 1.